The molecule has 0 aliphatic rings. The second-order valence-electron chi connectivity index (χ2n) is 3.12. The summed E-state index contributed by atoms with van der Waals surface area (Å²) in [7, 11) is 0. The zero-order valence-electron chi connectivity index (χ0n) is 11.6. The maximum atomic E-state index is 7.50. The zero-order chi connectivity index (χ0) is 15.9. The third-order valence-electron chi connectivity index (χ3n) is 2.81. The summed E-state index contributed by atoms with van der Waals surface area (Å²) in [6.45, 7) is 29.0. The second-order valence-corrected chi connectivity index (χ2v) is 3.12. The third kappa shape index (κ3) is 10.5. The molecule has 0 heterocycles. The quantitative estimate of drug-likeness (QED) is 0.521. The summed E-state index contributed by atoms with van der Waals surface area (Å²) >= 11 is 0. The molecule has 0 aliphatic carbocycles. The van der Waals surface area contributed by atoms with E-state index in [-0.39, 0.29) is 18.6 Å². The molecule has 0 unspecified atom stereocenters. The van der Waals surface area contributed by atoms with Crippen molar-refractivity contribution >= 4 is 0 Å². The van der Waals surface area contributed by atoms with Crippen LogP contribution in [0.2, 0.25) is 0 Å². The molecular formula is C14H15O4V-. The average Bonchev–Trinajstić information content (AvgIpc) is 2.65. The summed E-state index contributed by atoms with van der Waals surface area (Å²) in [5.74, 6) is 0. The Balaban J connectivity index is -0.0000000628. The summed E-state index contributed by atoms with van der Waals surface area (Å²) in [6.07, 6.45) is 0. The van der Waals surface area contributed by atoms with Crippen LogP contribution in [0.15, 0.2) is 0 Å². The van der Waals surface area contributed by atoms with Crippen LogP contribution < -0.4 is 0 Å². The molecule has 0 atom stereocenters. The van der Waals surface area contributed by atoms with E-state index in [0.29, 0.717) is 0 Å². The minimum atomic E-state index is 0. The molecule has 0 saturated heterocycles. The maximum Gasteiger partial charge on any atom is 0 e. The average molecular weight is 298 g/mol. The van der Waals surface area contributed by atoms with Crippen molar-refractivity contribution < 1.29 is 37.2 Å². The maximum absolute atomic E-state index is 7.50. The first-order chi connectivity index (χ1) is 8.55. The van der Waals surface area contributed by atoms with Crippen molar-refractivity contribution in [3.05, 3.63) is 54.4 Å². The summed E-state index contributed by atoms with van der Waals surface area (Å²) in [5.41, 5.74) is 7.34. The van der Waals surface area contributed by atoms with Crippen LogP contribution in [0.25, 0.3) is 0 Å². The number of hydrogen-bond acceptors (Lipinski definition) is 0. The van der Waals surface area contributed by atoms with E-state index in [1.165, 1.54) is 27.8 Å². The minimum absolute atomic E-state index is 0. The Kier molecular flexibility index (Phi) is 35.7. The molecule has 0 N–H and O–H groups in total. The van der Waals surface area contributed by atoms with Crippen molar-refractivity contribution in [1.82, 2.24) is 0 Å². The fraction of sp³-hybridized carbons (Fsp3) is 0.357. The van der Waals surface area contributed by atoms with E-state index in [1.807, 2.05) is 0 Å². The van der Waals surface area contributed by atoms with Gasteiger partial charge in [0.05, 0.1) is 0 Å². The largest absolute Gasteiger partial charge is 0 e. The van der Waals surface area contributed by atoms with E-state index in [0.717, 1.165) is 0 Å². The van der Waals surface area contributed by atoms with Crippen LogP contribution in [-0.4, -0.2) is 0 Å². The van der Waals surface area contributed by atoms with Crippen LogP contribution >= 0.6 is 0 Å². The SMILES string of the molecule is Cc1c(C)c(C)[c-](C)c1C.[C-]#[O+].[C-]#[O+].[C-]#[O+].[C-]#[O+].[V]. The van der Waals surface area contributed by atoms with Crippen molar-refractivity contribution in [3.8, 4) is 0 Å². The van der Waals surface area contributed by atoms with Gasteiger partial charge >= 0.3 is 45.2 Å². The van der Waals surface area contributed by atoms with Crippen LogP contribution in [0, 0.1) is 61.2 Å². The molecule has 0 aromatic heterocycles. The molecule has 1 aromatic rings. The number of rotatable bonds is 0. The van der Waals surface area contributed by atoms with Crippen LogP contribution in [0.3, 0.4) is 0 Å². The van der Waals surface area contributed by atoms with E-state index in [2.05, 4.69) is 61.2 Å². The van der Waals surface area contributed by atoms with Gasteiger partial charge in [-0.05, 0) is 0 Å². The first kappa shape index (κ1) is 30.7. The van der Waals surface area contributed by atoms with Crippen LogP contribution in [-0.2, 0) is 37.2 Å². The first-order valence-electron chi connectivity index (χ1n) is 4.57. The fourth-order valence-electron chi connectivity index (χ4n) is 1.41. The molecule has 101 valence electrons. The Morgan fingerprint density at radius 3 is 0.842 bits per heavy atom. The molecular weight excluding hydrogens is 283 g/mol. The van der Waals surface area contributed by atoms with Gasteiger partial charge in [-0.2, -0.15) is 27.8 Å². The van der Waals surface area contributed by atoms with Crippen LogP contribution in [0.5, 0.6) is 0 Å². The van der Waals surface area contributed by atoms with Crippen molar-refractivity contribution in [2.75, 3.05) is 0 Å². The van der Waals surface area contributed by atoms with Gasteiger partial charge in [-0.25, -0.2) is 0 Å². The molecule has 1 aromatic carbocycles. The molecule has 0 bridgehead atoms. The van der Waals surface area contributed by atoms with Gasteiger partial charge in [0.25, 0.3) is 0 Å². The molecule has 4 nitrogen and oxygen atoms in total. The van der Waals surface area contributed by atoms with Gasteiger partial charge in [-0.15, -0.1) is 0 Å². The van der Waals surface area contributed by atoms with Gasteiger partial charge in [0.2, 0.25) is 0 Å². The molecule has 0 fully saturated rings. The molecule has 19 heavy (non-hydrogen) atoms. The van der Waals surface area contributed by atoms with E-state index < -0.39 is 0 Å². The molecule has 1 rings (SSSR count). The molecule has 0 spiro atoms. The smallest absolute Gasteiger partial charge is 0 e. The Morgan fingerprint density at radius 1 is 0.632 bits per heavy atom. The molecule has 0 amide bonds. The van der Waals surface area contributed by atoms with E-state index in [4.69, 9.17) is 18.6 Å². The Labute approximate surface area is 126 Å². The third-order valence-corrected chi connectivity index (χ3v) is 2.81. The van der Waals surface area contributed by atoms with Crippen molar-refractivity contribution in [2.24, 2.45) is 0 Å². The normalized spacial score (nSPS) is 5.95. The predicted molar refractivity (Wildman–Crippen MR) is 61.4 cm³/mol. The van der Waals surface area contributed by atoms with Crippen molar-refractivity contribution in [2.45, 2.75) is 34.6 Å². The van der Waals surface area contributed by atoms with Crippen molar-refractivity contribution in [1.29, 1.82) is 0 Å². The fourth-order valence-corrected chi connectivity index (χ4v) is 1.41. The van der Waals surface area contributed by atoms with E-state index in [1.54, 1.807) is 0 Å². The zero-order valence-corrected chi connectivity index (χ0v) is 13.0. The van der Waals surface area contributed by atoms with Gasteiger partial charge in [-0.1, -0.05) is 34.6 Å². The van der Waals surface area contributed by atoms with Crippen molar-refractivity contribution in [3.63, 3.8) is 0 Å². The van der Waals surface area contributed by atoms with Gasteiger partial charge in [0.1, 0.15) is 0 Å². The number of hydrogen-bond donors (Lipinski definition) is 0. The van der Waals surface area contributed by atoms with Gasteiger partial charge in [0, 0.05) is 18.6 Å². The summed E-state index contributed by atoms with van der Waals surface area (Å²) in [4.78, 5) is 0. The van der Waals surface area contributed by atoms with Crippen LogP contribution in [0.1, 0.15) is 27.8 Å². The summed E-state index contributed by atoms with van der Waals surface area (Å²) < 4.78 is 30.0. The standard InChI is InChI=1S/C10H15.4CO.V/c1-6-7(2)9(4)10(5)8(6)3;4*1-2;/h1-5H3;;;;;/q-1;;;;;. The molecule has 1 radical (unpaired) electrons. The first-order valence-corrected chi connectivity index (χ1v) is 4.57. The molecule has 5 heteroatoms. The van der Waals surface area contributed by atoms with Gasteiger partial charge < -0.3 is 0 Å². The Hall–Kier alpha value is -1.11. The van der Waals surface area contributed by atoms with Crippen LogP contribution in [0.4, 0.5) is 0 Å². The molecule has 0 aliphatic heterocycles. The molecule has 0 saturated carbocycles. The Morgan fingerprint density at radius 2 is 0.789 bits per heavy atom. The van der Waals surface area contributed by atoms with E-state index >= 15 is 0 Å². The predicted octanol–water partition coefficient (Wildman–Crippen LogP) is 2.80. The summed E-state index contributed by atoms with van der Waals surface area (Å²) in [5, 5.41) is 0. The summed E-state index contributed by atoms with van der Waals surface area (Å²) in [6, 6.07) is 0. The van der Waals surface area contributed by atoms with Gasteiger partial charge in [0.15, 0.2) is 0 Å². The minimum Gasteiger partial charge on any atom is 0 e. The second kappa shape index (κ2) is 22.1. The van der Waals surface area contributed by atoms with Gasteiger partial charge in [-0.3, -0.25) is 0 Å². The van der Waals surface area contributed by atoms with E-state index in [9.17, 15) is 0 Å². The topological polar surface area (TPSA) is 79.6 Å². The Bertz CT molecular complexity index is 304. The monoisotopic (exact) mass is 298 g/mol.